The van der Waals surface area contributed by atoms with Gasteiger partial charge in [-0.2, -0.15) is 0 Å². The van der Waals surface area contributed by atoms with E-state index in [4.69, 9.17) is 11.6 Å². The average molecular weight is 279 g/mol. The standard InChI is InChI=1S/C10H12ClFN2O2S/c11-7-1-2-10(9(12)5-7)17(15,16)14-8-3-4-13-6-8/h1-2,5,8,13-14H,3-4,6H2/t8-/m1/s1. The van der Waals surface area contributed by atoms with Crippen molar-refractivity contribution in [2.24, 2.45) is 0 Å². The maximum atomic E-state index is 13.5. The first-order valence-corrected chi connectivity index (χ1v) is 7.03. The van der Waals surface area contributed by atoms with Gasteiger partial charge in [0.1, 0.15) is 10.7 Å². The Kier molecular flexibility index (Phi) is 3.67. The van der Waals surface area contributed by atoms with E-state index in [1.807, 2.05) is 0 Å². The van der Waals surface area contributed by atoms with Gasteiger partial charge in [0, 0.05) is 17.6 Å². The molecule has 0 aliphatic carbocycles. The van der Waals surface area contributed by atoms with Crippen molar-refractivity contribution >= 4 is 21.6 Å². The molecule has 2 rings (SSSR count). The van der Waals surface area contributed by atoms with E-state index in [9.17, 15) is 12.8 Å². The monoisotopic (exact) mass is 278 g/mol. The highest BCUT2D eigenvalue weighted by molar-refractivity contribution is 7.89. The summed E-state index contributed by atoms with van der Waals surface area (Å²) in [7, 11) is -3.81. The van der Waals surface area contributed by atoms with Gasteiger partial charge in [0.05, 0.1) is 0 Å². The van der Waals surface area contributed by atoms with E-state index in [-0.39, 0.29) is 16.0 Å². The third-order valence-electron chi connectivity index (χ3n) is 2.57. The van der Waals surface area contributed by atoms with Crippen molar-refractivity contribution < 1.29 is 12.8 Å². The molecule has 1 saturated heterocycles. The van der Waals surface area contributed by atoms with Crippen LogP contribution in [0.2, 0.25) is 5.02 Å². The van der Waals surface area contributed by atoms with E-state index in [1.165, 1.54) is 12.1 Å². The van der Waals surface area contributed by atoms with E-state index in [1.54, 1.807) is 0 Å². The van der Waals surface area contributed by atoms with Crippen LogP contribution in [0.5, 0.6) is 0 Å². The Balaban J connectivity index is 2.24. The van der Waals surface area contributed by atoms with Crippen molar-refractivity contribution in [3.63, 3.8) is 0 Å². The molecule has 0 aromatic heterocycles. The first-order valence-electron chi connectivity index (χ1n) is 5.17. The minimum absolute atomic E-state index is 0.170. The summed E-state index contributed by atoms with van der Waals surface area (Å²) in [5.41, 5.74) is 0. The third kappa shape index (κ3) is 2.95. The summed E-state index contributed by atoms with van der Waals surface area (Å²) in [5, 5.41) is 3.20. The third-order valence-corrected chi connectivity index (χ3v) is 4.35. The van der Waals surface area contributed by atoms with Crippen LogP contribution in [0, 0.1) is 5.82 Å². The lowest BCUT2D eigenvalue weighted by Gasteiger charge is -2.12. The van der Waals surface area contributed by atoms with Gasteiger partial charge in [-0.05, 0) is 31.2 Å². The molecule has 1 atom stereocenters. The molecule has 94 valence electrons. The predicted octanol–water partition coefficient (Wildman–Crippen LogP) is 1.12. The summed E-state index contributed by atoms with van der Waals surface area (Å²) in [4.78, 5) is -0.367. The number of hydrogen-bond acceptors (Lipinski definition) is 3. The van der Waals surface area contributed by atoms with Crippen LogP contribution < -0.4 is 10.0 Å². The second-order valence-corrected chi connectivity index (χ2v) is 6.00. The van der Waals surface area contributed by atoms with Crippen molar-refractivity contribution in [1.29, 1.82) is 0 Å². The average Bonchev–Trinajstić information content (AvgIpc) is 2.68. The first-order chi connectivity index (χ1) is 7.99. The molecule has 1 aliphatic heterocycles. The molecular formula is C10H12ClFN2O2S. The number of benzene rings is 1. The van der Waals surface area contributed by atoms with Crippen LogP contribution in [0.1, 0.15) is 6.42 Å². The summed E-state index contributed by atoms with van der Waals surface area (Å²) in [6.07, 6.45) is 0.703. The second kappa shape index (κ2) is 4.89. The van der Waals surface area contributed by atoms with Crippen LogP contribution in [0.25, 0.3) is 0 Å². The molecule has 1 heterocycles. The number of rotatable bonds is 3. The van der Waals surface area contributed by atoms with Gasteiger partial charge in [0.2, 0.25) is 10.0 Å². The normalized spacial score (nSPS) is 20.7. The maximum absolute atomic E-state index is 13.5. The fourth-order valence-electron chi connectivity index (χ4n) is 1.73. The molecule has 4 nitrogen and oxygen atoms in total. The van der Waals surface area contributed by atoms with Gasteiger partial charge in [-0.1, -0.05) is 11.6 Å². The van der Waals surface area contributed by atoms with Gasteiger partial charge >= 0.3 is 0 Å². The van der Waals surface area contributed by atoms with E-state index in [2.05, 4.69) is 10.0 Å². The summed E-state index contributed by atoms with van der Waals surface area (Å²) in [5.74, 6) is -0.837. The van der Waals surface area contributed by atoms with Crippen LogP contribution in [-0.4, -0.2) is 27.5 Å². The van der Waals surface area contributed by atoms with E-state index in [0.29, 0.717) is 13.0 Å². The van der Waals surface area contributed by atoms with Crippen molar-refractivity contribution in [2.75, 3.05) is 13.1 Å². The molecule has 0 saturated carbocycles. The van der Waals surface area contributed by atoms with Gasteiger partial charge in [-0.15, -0.1) is 0 Å². The van der Waals surface area contributed by atoms with Crippen LogP contribution in [-0.2, 0) is 10.0 Å². The van der Waals surface area contributed by atoms with E-state index < -0.39 is 15.8 Å². The van der Waals surface area contributed by atoms with Gasteiger partial charge in [-0.25, -0.2) is 17.5 Å². The van der Waals surface area contributed by atoms with E-state index >= 15 is 0 Å². The minimum atomic E-state index is -3.81. The molecular weight excluding hydrogens is 267 g/mol. The van der Waals surface area contributed by atoms with Gasteiger partial charge < -0.3 is 5.32 Å². The summed E-state index contributed by atoms with van der Waals surface area (Å²) < 4.78 is 39.8. The molecule has 0 bridgehead atoms. The van der Waals surface area contributed by atoms with Crippen LogP contribution in [0.4, 0.5) is 4.39 Å². The lowest BCUT2D eigenvalue weighted by molar-refractivity contribution is 0.542. The molecule has 1 aromatic carbocycles. The van der Waals surface area contributed by atoms with Crippen LogP contribution >= 0.6 is 11.6 Å². The minimum Gasteiger partial charge on any atom is -0.315 e. The Labute approximate surface area is 104 Å². The maximum Gasteiger partial charge on any atom is 0.243 e. The summed E-state index contributed by atoms with van der Waals surface area (Å²) in [6, 6.07) is 3.33. The molecule has 1 aromatic rings. The molecule has 0 spiro atoms. The Morgan fingerprint density at radius 2 is 2.24 bits per heavy atom. The molecule has 0 radical (unpaired) electrons. The lowest BCUT2D eigenvalue weighted by Crippen LogP contribution is -2.36. The fourth-order valence-corrected chi connectivity index (χ4v) is 3.22. The van der Waals surface area contributed by atoms with Crippen molar-refractivity contribution in [3.8, 4) is 0 Å². The van der Waals surface area contributed by atoms with Crippen LogP contribution in [0.3, 0.4) is 0 Å². The predicted molar refractivity (Wildman–Crippen MR) is 63.0 cm³/mol. The molecule has 0 amide bonds. The molecule has 1 aliphatic rings. The first kappa shape index (κ1) is 12.8. The Bertz CT molecular complexity index is 515. The molecule has 17 heavy (non-hydrogen) atoms. The SMILES string of the molecule is O=S(=O)(N[C@@H]1CCNC1)c1ccc(Cl)cc1F. The zero-order valence-corrected chi connectivity index (χ0v) is 10.5. The second-order valence-electron chi connectivity index (χ2n) is 3.89. The highest BCUT2D eigenvalue weighted by Crippen LogP contribution is 2.19. The van der Waals surface area contributed by atoms with Gasteiger partial charge in [0.15, 0.2) is 0 Å². The number of nitrogens with one attached hydrogen (secondary N) is 2. The fraction of sp³-hybridized carbons (Fsp3) is 0.400. The number of hydrogen-bond donors (Lipinski definition) is 2. The number of halogens is 2. The number of sulfonamides is 1. The van der Waals surface area contributed by atoms with Crippen molar-refractivity contribution in [2.45, 2.75) is 17.4 Å². The molecule has 1 fully saturated rings. The topological polar surface area (TPSA) is 58.2 Å². The summed E-state index contributed by atoms with van der Waals surface area (Å²) >= 11 is 5.57. The quantitative estimate of drug-likeness (QED) is 0.871. The summed E-state index contributed by atoms with van der Waals surface area (Å²) in [6.45, 7) is 1.32. The highest BCUT2D eigenvalue weighted by Gasteiger charge is 2.25. The Morgan fingerprint density at radius 3 is 2.82 bits per heavy atom. The van der Waals surface area contributed by atoms with Crippen molar-refractivity contribution in [1.82, 2.24) is 10.0 Å². The zero-order valence-electron chi connectivity index (χ0n) is 8.91. The van der Waals surface area contributed by atoms with Gasteiger partial charge in [0.25, 0.3) is 0 Å². The van der Waals surface area contributed by atoms with Crippen LogP contribution in [0.15, 0.2) is 23.1 Å². The van der Waals surface area contributed by atoms with Crippen molar-refractivity contribution in [3.05, 3.63) is 29.0 Å². The highest BCUT2D eigenvalue weighted by atomic mass is 35.5. The Hall–Kier alpha value is -0.690. The molecule has 2 N–H and O–H groups in total. The van der Waals surface area contributed by atoms with E-state index in [0.717, 1.165) is 12.6 Å². The molecule has 7 heteroatoms. The van der Waals surface area contributed by atoms with Gasteiger partial charge in [-0.3, -0.25) is 0 Å². The largest absolute Gasteiger partial charge is 0.315 e. The Morgan fingerprint density at radius 1 is 1.47 bits per heavy atom. The zero-order chi connectivity index (χ0) is 12.5. The lowest BCUT2D eigenvalue weighted by atomic mass is 10.3. The smallest absolute Gasteiger partial charge is 0.243 e. The molecule has 0 unspecified atom stereocenters.